The quantitative estimate of drug-likeness (QED) is 0.674. The average Bonchev–Trinajstić information content (AvgIpc) is 3.08. The molecule has 0 atom stereocenters. The van der Waals surface area contributed by atoms with Gasteiger partial charge in [-0.25, -0.2) is 0 Å². The second kappa shape index (κ2) is 5.20. The van der Waals surface area contributed by atoms with E-state index in [-0.39, 0.29) is 11.3 Å². The molecule has 0 saturated heterocycles. The van der Waals surface area contributed by atoms with Crippen molar-refractivity contribution < 1.29 is 4.92 Å². The number of nitrogens with one attached hydrogen (secondary N) is 1. The number of nitriles is 1. The summed E-state index contributed by atoms with van der Waals surface area (Å²) in [6, 6.07) is 6.14. The zero-order valence-corrected chi connectivity index (χ0v) is 11.1. The Labute approximate surface area is 120 Å². The number of benzene rings is 1. The highest BCUT2D eigenvalue weighted by atomic mass is 16.6. The number of nitrogens with zero attached hydrogens (tertiary/aromatic N) is 5. The van der Waals surface area contributed by atoms with Crippen LogP contribution in [-0.4, -0.2) is 19.7 Å². The van der Waals surface area contributed by atoms with Crippen LogP contribution in [0, 0.1) is 21.4 Å². The summed E-state index contributed by atoms with van der Waals surface area (Å²) in [6.45, 7) is 1.34. The third-order valence-electron chi connectivity index (χ3n) is 3.46. The van der Waals surface area contributed by atoms with Gasteiger partial charge in [-0.05, 0) is 12.5 Å². The van der Waals surface area contributed by atoms with Gasteiger partial charge in [0, 0.05) is 25.1 Å². The maximum absolute atomic E-state index is 10.7. The number of non-ortho nitro benzene ring substituents is 1. The van der Waals surface area contributed by atoms with E-state index in [0.717, 1.165) is 31.0 Å². The van der Waals surface area contributed by atoms with Crippen molar-refractivity contribution in [1.29, 1.82) is 5.26 Å². The van der Waals surface area contributed by atoms with E-state index in [2.05, 4.69) is 20.1 Å². The number of nitro groups is 1. The minimum atomic E-state index is -0.518. The maximum Gasteiger partial charge on any atom is 0.270 e. The Morgan fingerprint density at radius 2 is 2.33 bits per heavy atom. The molecule has 0 spiro atoms. The molecule has 1 aliphatic heterocycles. The van der Waals surface area contributed by atoms with Crippen LogP contribution in [0.25, 0.3) is 0 Å². The van der Waals surface area contributed by atoms with Crippen LogP contribution >= 0.6 is 0 Å². The summed E-state index contributed by atoms with van der Waals surface area (Å²) in [5.74, 6) is 1.79. The van der Waals surface area contributed by atoms with E-state index < -0.39 is 4.92 Å². The van der Waals surface area contributed by atoms with Crippen LogP contribution in [0.15, 0.2) is 18.2 Å². The number of hydrogen-bond acceptors (Lipinski definition) is 6. The molecule has 21 heavy (non-hydrogen) atoms. The fraction of sp³-hybridized carbons (Fsp3) is 0.308. The molecule has 0 radical (unpaired) electrons. The molecule has 0 bridgehead atoms. The van der Waals surface area contributed by atoms with Crippen molar-refractivity contribution in [3.05, 3.63) is 45.5 Å². The fourth-order valence-electron chi connectivity index (χ4n) is 2.41. The van der Waals surface area contributed by atoms with Crippen LogP contribution < -0.4 is 5.32 Å². The van der Waals surface area contributed by atoms with E-state index in [1.807, 2.05) is 6.07 Å². The maximum atomic E-state index is 10.7. The van der Waals surface area contributed by atoms with E-state index in [9.17, 15) is 10.1 Å². The lowest BCUT2D eigenvalue weighted by molar-refractivity contribution is -0.384. The normalized spacial score (nSPS) is 12.7. The van der Waals surface area contributed by atoms with Crippen LogP contribution in [0.3, 0.4) is 0 Å². The van der Waals surface area contributed by atoms with Crippen LogP contribution in [0.4, 0.5) is 11.4 Å². The van der Waals surface area contributed by atoms with Crippen molar-refractivity contribution in [2.75, 3.05) is 5.32 Å². The van der Waals surface area contributed by atoms with Crippen LogP contribution in [0.5, 0.6) is 0 Å². The Kier molecular flexibility index (Phi) is 3.23. The molecule has 1 aromatic heterocycles. The molecule has 2 heterocycles. The van der Waals surface area contributed by atoms with Gasteiger partial charge in [0.05, 0.1) is 22.7 Å². The van der Waals surface area contributed by atoms with Crippen molar-refractivity contribution in [1.82, 2.24) is 14.8 Å². The monoisotopic (exact) mass is 284 g/mol. The molecule has 2 aromatic rings. The smallest absolute Gasteiger partial charge is 0.270 e. The molecule has 0 amide bonds. The van der Waals surface area contributed by atoms with Gasteiger partial charge >= 0.3 is 0 Å². The summed E-state index contributed by atoms with van der Waals surface area (Å²) in [5.41, 5.74) is 0.698. The number of aryl methyl sites for hydroxylation is 1. The third kappa shape index (κ3) is 2.41. The molecule has 0 unspecified atom stereocenters. The lowest BCUT2D eigenvalue weighted by Gasteiger charge is -2.08. The van der Waals surface area contributed by atoms with E-state index in [1.54, 1.807) is 0 Å². The van der Waals surface area contributed by atoms with Crippen LogP contribution in [0.1, 0.15) is 23.6 Å². The Morgan fingerprint density at radius 3 is 3.10 bits per heavy atom. The first kappa shape index (κ1) is 13.1. The van der Waals surface area contributed by atoms with E-state index >= 15 is 0 Å². The highest BCUT2D eigenvalue weighted by molar-refractivity contribution is 5.61. The zero-order chi connectivity index (χ0) is 14.8. The highest BCUT2D eigenvalue weighted by Crippen LogP contribution is 2.22. The minimum absolute atomic E-state index is 0.0968. The second-order valence-corrected chi connectivity index (χ2v) is 4.74. The first-order chi connectivity index (χ1) is 10.2. The second-order valence-electron chi connectivity index (χ2n) is 4.74. The summed E-state index contributed by atoms with van der Waals surface area (Å²) in [5, 5.41) is 31.1. The number of hydrogen-bond donors (Lipinski definition) is 1. The van der Waals surface area contributed by atoms with E-state index in [4.69, 9.17) is 5.26 Å². The Bertz CT molecular complexity index is 746. The molecule has 0 aliphatic carbocycles. The predicted octanol–water partition coefficient (Wildman–Crippen LogP) is 1.62. The number of anilines is 1. The molecule has 1 aromatic carbocycles. The van der Waals surface area contributed by atoms with Gasteiger partial charge in [-0.2, -0.15) is 5.26 Å². The van der Waals surface area contributed by atoms with Crippen molar-refractivity contribution in [3.63, 3.8) is 0 Å². The Morgan fingerprint density at radius 1 is 1.48 bits per heavy atom. The minimum Gasteiger partial charge on any atom is -0.377 e. The van der Waals surface area contributed by atoms with Crippen molar-refractivity contribution in [3.8, 4) is 6.07 Å². The average molecular weight is 284 g/mol. The van der Waals surface area contributed by atoms with Gasteiger partial charge in [-0.3, -0.25) is 10.1 Å². The van der Waals surface area contributed by atoms with E-state index in [0.29, 0.717) is 12.2 Å². The molecule has 0 fully saturated rings. The first-order valence-electron chi connectivity index (χ1n) is 6.52. The number of nitro benzene ring substituents is 1. The number of aromatic nitrogens is 3. The summed E-state index contributed by atoms with van der Waals surface area (Å²) >= 11 is 0. The Hall–Kier alpha value is -2.95. The third-order valence-corrected chi connectivity index (χ3v) is 3.46. The van der Waals surface area contributed by atoms with Crippen molar-refractivity contribution in [2.24, 2.45) is 0 Å². The zero-order valence-electron chi connectivity index (χ0n) is 11.1. The molecule has 8 nitrogen and oxygen atoms in total. The molecule has 8 heteroatoms. The van der Waals surface area contributed by atoms with Gasteiger partial charge in [0.1, 0.15) is 11.9 Å². The fourth-order valence-corrected chi connectivity index (χ4v) is 2.41. The lowest BCUT2D eigenvalue weighted by atomic mass is 10.1. The summed E-state index contributed by atoms with van der Waals surface area (Å²) in [7, 11) is 0. The standard InChI is InChI=1S/C13H12N6O2/c14-7-9-6-10(19(20)21)3-4-11(9)15-8-13-17-16-12-2-1-5-18(12)13/h3-4,6,15H,1-2,5,8H2. The molecule has 106 valence electrons. The summed E-state index contributed by atoms with van der Waals surface area (Å²) < 4.78 is 2.06. The van der Waals surface area contributed by atoms with Gasteiger partial charge in [0.2, 0.25) is 0 Å². The largest absolute Gasteiger partial charge is 0.377 e. The van der Waals surface area contributed by atoms with Gasteiger partial charge in [-0.15, -0.1) is 10.2 Å². The highest BCUT2D eigenvalue weighted by Gasteiger charge is 2.17. The Balaban J connectivity index is 1.79. The van der Waals surface area contributed by atoms with E-state index in [1.165, 1.54) is 18.2 Å². The lowest BCUT2D eigenvalue weighted by Crippen LogP contribution is -2.08. The first-order valence-corrected chi connectivity index (χ1v) is 6.52. The topological polar surface area (TPSA) is 110 Å². The molecular weight excluding hydrogens is 272 g/mol. The molecule has 1 N–H and O–H groups in total. The van der Waals surface area contributed by atoms with Gasteiger partial charge in [0.25, 0.3) is 5.69 Å². The van der Waals surface area contributed by atoms with Gasteiger partial charge in [0.15, 0.2) is 5.82 Å². The van der Waals surface area contributed by atoms with Crippen molar-refractivity contribution >= 4 is 11.4 Å². The van der Waals surface area contributed by atoms with Gasteiger partial charge < -0.3 is 9.88 Å². The van der Waals surface area contributed by atoms with Crippen LogP contribution in [-0.2, 0) is 19.5 Å². The predicted molar refractivity (Wildman–Crippen MR) is 73.5 cm³/mol. The molecule has 3 rings (SSSR count). The van der Waals surface area contributed by atoms with Crippen LogP contribution in [0.2, 0.25) is 0 Å². The van der Waals surface area contributed by atoms with Gasteiger partial charge in [-0.1, -0.05) is 0 Å². The summed E-state index contributed by atoms with van der Waals surface area (Å²) in [4.78, 5) is 10.2. The van der Waals surface area contributed by atoms with Crippen molar-refractivity contribution in [2.45, 2.75) is 25.9 Å². The molecule has 0 saturated carbocycles. The molecule has 1 aliphatic rings. The molecular formula is C13H12N6O2. The number of fused-ring (bicyclic) bond motifs is 1. The number of rotatable bonds is 4. The summed E-state index contributed by atoms with van der Waals surface area (Å²) in [6.07, 6.45) is 2.01. The SMILES string of the molecule is N#Cc1cc([N+](=O)[O-])ccc1NCc1nnc2n1CCC2.